The third-order valence-corrected chi connectivity index (χ3v) is 4.02. The van der Waals surface area contributed by atoms with Gasteiger partial charge in [-0.3, -0.25) is 0 Å². The number of halogens is 3. The van der Waals surface area contributed by atoms with Crippen LogP contribution in [0.5, 0.6) is 0 Å². The predicted octanol–water partition coefficient (Wildman–Crippen LogP) is 3.70. The maximum Gasteiger partial charge on any atom is 0.379 e. The summed E-state index contributed by atoms with van der Waals surface area (Å²) in [6.07, 6.45) is 4.26. The fourth-order valence-electron chi connectivity index (χ4n) is 0.671. The second kappa shape index (κ2) is 14.4. The molecule has 0 aliphatic heterocycles. The van der Waals surface area contributed by atoms with Crippen LogP contribution in [0, 0.1) is 0 Å². The van der Waals surface area contributed by atoms with Crippen LogP contribution in [0.25, 0.3) is 0 Å². The Labute approximate surface area is 88.3 Å². The average Bonchev–Trinajstić information content (AvgIpc) is 1.90. The first kappa shape index (κ1) is 18.6. The van der Waals surface area contributed by atoms with Gasteiger partial charge in [0.05, 0.1) is 0 Å². The summed E-state index contributed by atoms with van der Waals surface area (Å²) in [5.41, 5.74) is 0. The van der Waals surface area contributed by atoms with Gasteiger partial charge >= 0.3 is 6.68 Å². The number of rotatable bonds is 3. The molecule has 0 fully saturated rings. The minimum Gasteiger partial charge on any atom is -0.174 e. The van der Waals surface area contributed by atoms with E-state index in [1.54, 1.807) is 0 Å². The Morgan fingerprint density at radius 3 is 1.08 bits per heavy atom. The first-order valence-corrected chi connectivity index (χ1v) is 5.62. The standard InChI is InChI=1S/C6H15P.CHF3.Pt/c1-4-7(5-2)6-3;2-1(3)4;/h4-6H2,1-3H3;1H;. The summed E-state index contributed by atoms with van der Waals surface area (Å²) in [6, 6.07) is 0. The summed E-state index contributed by atoms with van der Waals surface area (Å²) in [4.78, 5) is 0. The number of hydrogen-bond acceptors (Lipinski definition) is 0. The normalized spacial score (nSPS) is 9.00. The predicted molar refractivity (Wildman–Crippen MR) is 45.7 cm³/mol. The van der Waals surface area contributed by atoms with Gasteiger partial charge in [-0.2, -0.15) is 13.2 Å². The van der Waals surface area contributed by atoms with Crippen LogP contribution in [0.1, 0.15) is 20.8 Å². The first-order chi connectivity index (χ1) is 5.08. The Hall–Kier alpha value is 0.908. The van der Waals surface area contributed by atoms with Crippen LogP contribution in [-0.4, -0.2) is 25.2 Å². The van der Waals surface area contributed by atoms with Crippen molar-refractivity contribution < 1.29 is 34.2 Å². The van der Waals surface area contributed by atoms with Gasteiger partial charge in [-0.15, -0.1) is 7.92 Å². The van der Waals surface area contributed by atoms with Gasteiger partial charge < -0.3 is 0 Å². The van der Waals surface area contributed by atoms with E-state index < -0.39 is 6.68 Å². The molecule has 0 atom stereocenters. The van der Waals surface area contributed by atoms with Gasteiger partial charge in [0.1, 0.15) is 0 Å². The molecule has 0 amide bonds. The van der Waals surface area contributed by atoms with Gasteiger partial charge in [-0.1, -0.05) is 20.8 Å². The van der Waals surface area contributed by atoms with E-state index in [0.717, 1.165) is 0 Å². The molecule has 0 saturated heterocycles. The van der Waals surface area contributed by atoms with Crippen molar-refractivity contribution in [3.63, 3.8) is 0 Å². The van der Waals surface area contributed by atoms with E-state index in [2.05, 4.69) is 20.8 Å². The largest absolute Gasteiger partial charge is 0.379 e. The molecule has 12 heavy (non-hydrogen) atoms. The van der Waals surface area contributed by atoms with Crippen LogP contribution >= 0.6 is 7.92 Å². The summed E-state index contributed by atoms with van der Waals surface area (Å²) in [5, 5.41) is 0. The third-order valence-electron chi connectivity index (χ3n) is 1.34. The average molecular weight is 383 g/mol. The smallest absolute Gasteiger partial charge is 0.174 e. The molecule has 0 radical (unpaired) electrons. The molecule has 0 unspecified atom stereocenters. The van der Waals surface area contributed by atoms with Crippen molar-refractivity contribution in [1.29, 1.82) is 0 Å². The Kier molecular flexibility index (Phi) is 22.4. The second-order valence-electron chi connectivity index (χ2n) is 1.87. The zero-order valence-electron chi connectivity index (χ0n) is 7.60. The van der Waals surface area contributed by atoms with Gasteiger partial charge in [0.25, 0.3) is 0 Å². The molecular formula is C7H16F3PPt. The van der Waals surface area contributed by atoms with Crippen LogP contribution in [0.3, 0.4) is 0 Å². The van der Waals surface area contributed by atoms with Crippen molar-refractivity contribution in [2.75, 3.05) is 18.5 Å². The van der Waals surface area contributed by atoms with E-state index >= 15 is 0 Å². The van der Waals surface area contributed by atoms with Gasteiger partial charge in [0, 0.05) is 21.1 Å². The molecule has 0 aromatic rings. The van der Waals surface area contributed by atoms with Crippen LogP contribution in [0.2, 0.25) is 0 Å². The molecule has 5 heteroatoms. The zero-order valence-corrected chi connectivity index (χ0v) is 10.8. The van der Waals surface area contributed by atoms with Crippen molar-refractivity contribution in [3.05, 3.63) is 0 Å². The summed E-state index contributed by atoms with van der Waals surface area (Å²) < 4.78 is 29.0. The fourth-order valence-corrected chi connectivity index (χ4v) is 2.01. The zero-order chi connectivity index (χ0) is 9.28. The maximum atomic E-state index is 9.67. The summed E-state index contributed by atoms with van der Waals surface area (Å²) in [7, 11) is 0.446. The molecule has 0 aliphatic carbocycles. The van der Waals surface area contributed by atoms with Crippen molar-refractivity contribution in [2.45, 2.75) is 27.5 Å². The van der Waals surface area contributed by atoms with Crippen molar-refractivity contribution in [1.82, 2.24) is 0 Å². The molecule has 0 heterocycles. The number of alkyl halides is 3. The molecule has 0 spiro atoms. The van der Waals surface area contributed by atoms with Crippen LogP contribution in [0.15, 0.2) is 0 Å². The molecule has 0 saturated carbocycles. The SMILES string of the molecule is CCP(CC)CC.FC(F)F.[Pt]. The molecular weight excluding hydrogens is 367 g/mol. The van der Waals surface area contributed by atoms with Gasteiger partial charge in [-0.05, 0) is 18.5 Å². The third kappa shape index (κ3) is 22.4. The number of hydrogen-bond donors (Lipinski definition) is 0. The van der Waals surface area contributed by atoms with Crippen molar-refractivity contribution >= 4 is 7.92 Å². The van der Waals surface area contributed by atoms with E-state index in [-0.39, 0.29) is 21.1 Å². The first-order valence-electron chi connectivity index (χ1n) is 3.72. The minimum absolute atomic E-state index is 0. The van der Waals surface area contributed by atoms with Gasteiger partial charge in [-0.25, -0.2) is 0 Å². The fraction of sp³-hybridized carbons (Fsp3) is 1.00. The van der Waals surface area contributed by atoms with E-state index in [1.165, 1.54) is 18.5 Å². The molecule has 0 nitrogen and oxygen atoms in total. The van der Waals surface area contributed by atoms with E-state index in [4.69, 9.17) is 0 Å². The molecule has 0 N–H and O–H groups in total. The molecule has 80 valence electrons. The van der Waals surface area contributed by atoms with Crippen molar-refractivity contribution in [2.24, 2.45) is 0 Å². The summed E-state index contributed by atoms with van der Waals surface area (Å²) >= 11 is 0. The molecule has 0 bridgehead atoms. The monoisotopic (exact) mass is 383 g/mol. The van der Waals surface area contributed by atoms with Gasteiger partial charge in [0.15, 0.2) is 0 Å². The second-order valence-corrected chi connectivity index (χ2v) is 5.11. The summed E-state index contributed by atoms with van der Waals surface area (Å²) in [5.74, 6) is 0. The Balaban J connectivity index is -0.000000142. The van der Waals surface area contributed by atoms with E-state index in [9.17, 15) is 13.2 Å². The van der Waals surface area contributed by atoms with E-state index in [1.807, 2.05) is 0 Å². The Bertz CT molecular complexity index is 61.4. The van der Waals surface area contributed by atoms with Crippen LogP contribution in [0.4, 0.5) is 13.2 Å². The maximum absolute atomic E-state index is 9.67. The Morgan fingerprint density at radius 1 is 0.917 bits per heavy atom. The van der Waals surface area contributed by atoms with Crippen LogP contribution in [-0.2, 0) is 21.1 Å². The molecule has 0 aliphatic rings. The van der Waals surface area contributed by atoms with Gasteiger partial charge in [0.2, 0.25) is 0 Å². The quantitative estimate of drug-likeness (QED) is 0.652. The molecule has 0 rings (SSSR count). The summed E-state index contributed by atoms with van der Waals surface area (Å²) in [6.45, 7) is 3.20. The Morgan fingerprint density at radius 2 is 1.08 bits per heavy atom. The topological polar surface area (TPSA) is 0 Å². The van der Waals surface area contributed by atoms with E-state index in [0.29, 0.717) is 7.92 Å². The minimum atomic E-state index is -3.67. The molecule has 0 aromatic heterocycles. The van der Waals surface area contributed by atoms with Crippen molar-refractivity contribution in [3.8, 4) is 0 Å². The molecule has 0 aromatic carbocycles. The van der Waals surface area contributed by atoms with Crippen LogP contribution < -0.4 is 0 Å².